The van der Waals surface area contributed by atoms with E-state index in [1.165, 1.54) is 4.57 Å². The van der Waals surface area contributed by atoms with Crippen LogP contribution < -0.4 is 10.5 Å². The van der Waals surface area contributed by atoms with Crippen LogP contribution >= 0.6 is 11.6 Å². The lowest BCUT2D eigenvalue weighted by Gasteiger charge is -2.48. The van der Waals surface area contributed by atoms with Gasteiger partial charge in [0, 0.05) is 55.2 Å². The number of hydrogen-bond acceptors (Lipinski definition) is 7. The molecule has 0 bridgehead atoms. The van der Waals surface area contributed by atoms with Crippen molar-refractivity contribution in [1.29, 1.82) is 5.26 Å². The quantitative estimate of drug-likeness (QED) is 0.344. The second-order valence-electron chi connectivity index (χ2n) is 9.91. The van der Waals surface area contributed by atoms with Gasteiger partial charge in [-0.25, -0.2) is 9.97 Å². The molecule has 1 aliphatic rings. The summed E-state index contributed by atoms with van der Waals surface area (Å²) in [5.41, 5.74) is 3.25. The lowest BCUT2D eigenvalue weighted by atomic mass is 9.94. The van der Waals surface area contributed by atoms with Crippen molar-refractivity contribution in [1.82, 2.24) is 24.4 Å². The number of piperazine rings is 1. The molecular weight excluding hydrogens is 512 g/mol. The summed E-state index contributed by atoms with van der Waals surface area (Å²) in [6.45, 7) is 14.7. The van der Waals surface area contributed by atoms with Crippen LogP contribution in [0.3, 0.4) is 0 Å². The van der Waals surface area contributed by atoms with E-state index in [9.17, 15) is 10.1 Å². The van der Waals surface area contributed by atoms with Gasteiger partial charge in [-0.2, -0.15) is 5.26 Å². The minimum atomic E-state index is -0.379. The molecule has 4 heterocycles. The highest BCUT2D eigenvalue weighted by Gasteiger charge is 2.38. The van der Waals surface area contributed by atoms with Crippen LogP contribution in [0.25, 0.3) is 15.9 Å². The topological polar surface area (TPSA) is 95.3 Å². The lowest BCUT2D eigenvalue weighted by Crippen LogP contribution is -2.58. The molecular formula is C29H27ClN8O. The number of benzene rings is 1. The van der Waals surface area contributed by atoms with E-state index >= 15 is 0 Å². The number of hydrogen-bond donors (Lipinski definition) is 0. The Kier molecular flexibility index (Phi) is 7.05. The number of rotatable bonds is 4. The fourth-order valence-corrected chi connectivity index (χ4v) is 5.54. The molecule has 1 unspecified atom stereocenters. The van der Waals surface area contributed by atoms with E-state index in [0.29, 0.717) is 40.7 Å². The molecule has 0 amide bonds. The minimum Gasteiger partial charge on any atom is -0.361 e. The first-order valence-corrected chi connectivity index (χ1v) is 13.0. The van der Waals surface area contributed by atoms with E-state index in [1.807, 2.05) is 43.6 Å². The Morgan fingerprint density at radius 1 is 1.08 bits per heavy atom. The number of halogens is 1. The summed E-state index contributed by atoms with van der Waals surface area (Å²) in [6, 6.07) is 13.1. The van der Waals surface area contributed by atoms with Gasteiger partial charge in [-0.3, -0.25) is 9.69 Å². The van der Waals surface area contributed by atoms with Gasteiger partial charge in [-0.1, -0.05) is 30.3 Å². The van der Waals surface area contributed by atoms with Crippen LogP contribution in [0.2, 0.25) is 5.02 Å². The molecule has 1 fully saturated rings. The molecule has 5 rings (SSSR count). The fourth-order valence-electron chi connectivity index (χ4n) is 5.41. The van der Waals surface area contributed by atoms with Gasteiger partial charge in [-0.05, 0) is 50.6 Å². The Hall–Kier alpha value is -4.31. The van der Waals surface area contributed by atoms with E-state index in [4.69, 9.17) is 18.2 Å². The third kappa shape index (κ3) is 4.72. The average molecular weight is 539 g/mol. The highest BCUT2D eigenvalue weighted by Crippen LogP contribution is 2.37. The van der Waals surface area contributed by atoms with Gasteiger partial charge in [0.25, 0.3) is 11.4 Å². The number of pyridine rings is 2. The van der Waals surface area contributed by atoms with Crippen LogP contribution in [-0.2, 0) is 7.05 Å². The number of aryl methyl sites for hydroxylation is 2. The van der Waals surface area contributed by atoms with Crippen LogP contribution in [0.5, 0.6) is 0 Å². The Balaban J connectivity index is 1.61. The van der Waals surface area contributed by atoms with Gasteiger partial charge >= 0.3 is 0 Å². The molecule has 3 aromatic heterocycles. The zero-order chi connectivity index (χ0) is 27.8. The summed E-state index contributed by atoms with van der Waals surface area (Å²) in [4.78, 5) is 34.6. The van der Waals surface area contributed by atoms with Crippen molar-refractivity contribution >= 4 is 34.1 Å². The van der Waals surface area contributed by atoms with E-state index in [1.54, 1.807) is 19.2 Å². The molecule has 0 saturated carbocycles. The Labute approximate surface area is 231 Å². The zero-order valence-electron chi connectivity index (χ0n) is 22.1. The number of nitriles is 1. The van der Waals surface area contributed by atoms with Crippen LogP contribution in [0.1, 0.15) is 42.4 Å². The molecule has 0 spiro atoms. The Bertz CT molecular complexity index is 1640. The normalized spacial score (nSPS) is 18.5. The summed E-state index contributed by atoms with van der Waals surface area (Å²) < 4.78 is 1.43. The van der Waals surface area contributed by atoms with Crippen molar-refractivity contribution < 1.29 is 0 Å². The first-order chi connectivity index (χ1) is 18.7. The molecule has 9 nitrogen and oxygen atoms in total. The van der Waals surface area contributed by atoms with Crippen LogP contribution in [-0.4, -0.2) is 49.6 Å². The summed E-state index contributed by atoms with van der Waals surface area (Å²) in [7, 11) is 1.62. The summed E-state index contributed by atoms with van der Waals surface area (Å²) in [6.07, 6.45) is 3.73. The third-order valence-electron chi connectivity index (χ3n) is 7.38. The molecule has 1 aromatic carbocycles. The number of anilines is 1. The highest BCUT2D eigenvalue weighted by molar-refractivity contribution is 6.30. The molecule has 1 saturated heterocycles. The molecule has 0 N–H and O–H groups in total. The van der Waals surface area contributed by atoms with E-state index in [-0.39, 0.29) is 35.1 Å². The molecule has 0 radical (unpaired) electrons. The zero-order valence-corrected chi connectivity index (χ0v) is 22.9. The van der Waals surface area contributed by atoms with Crippen molar-refractivity contribution in [2.75, 3.05) is 18.0 Å². The second kappa shape index (κ2) is 10.5. The van der Waals surface area contributed by atoms with Crippen molar-refractivity contribution in [2.24, 2.45) is 7.05 Å². The summed E-state index contributed by atoms with van der Waals surface area (Å²) in [5.74, 6) is 0.917. The van der Waals surface area contributed by atoms with E-state index in [2.05, 4.69) is 49.5 Å². The predicted molar refractivity (Wildman–Crippen MR) is 151 cm³/mol. The fraction of sp³-hybridized carbons (Fsp3) is 0.310. The molecule has 10 heteroatoms. The highest BCUT2D eigenvalue weighted by atomic mass is 35.5. The maximum Gasteiger partial charge on any atom is 0.271 e. The van der Waals surface area contributed by atoms with Gasteiger partial charge in [0.15, 0.2) is 0 Å². The number of aromatic nitrogens is 4. The largest absolute Gasteiger partial charge is 0.361 e. The third-order valence-corrected chi connectivity index (χ3v) is 7.63. The first-order valence-electron chi connectivity index (χ1n) is 12.6. The Morgan fingerprint density at radius 3 is 2.41 bits per heavy atom. The molecule has 39 heavy (non-hydrogen) atoms. The van der Waals surface area contributed by atoms with Crippen molar-refractivity contribution in [2.45, 2.75) is 38.9 Å². The monoisotopic (exact) mass is 538 g/mol. The van der Waals surface area contributed by atoms with Gasteiger partial charge in [0.2, 0.25) is 5.52 Å². The van der Waals surface area contributed by atoms with Gasteiger partial charge < -0.3 is 14.3 Å². The Morgan fingerprint density at radius 2 is 1.77 bits per heavy atom. The van der Waals surface area contributed by atoms with Crippen molar-refractivity contribution in [3.8, 4) is 6.07 Å². The van der Waals surface area contributed by atoms with Crippen LogP contribution in [0, 0.1) is 24.8 Å². The first kappa shape index (κ1) is 26.3. The van der Waals surface area contributed by atoms with Gasteiger partial charge in [0.1, 0.15) is 23.1 Å². The van der Waals surface area contributed by atoms with Gasteiger partial charge in [0.05, 0.1) is 11.6 Å². The SMILES string of the molecule is [C-]#[N+]c1ccc2c(n1)c(N1C[C@@H](C)N(C(c3ccc(Cl)cc3)c3cnc(C)nc3)C[C@@H]1C)c(C#N)c(=O)n2C. The molecule has 4 aromatic rings. The minimum absolute atomic E-state index is 0.0119. The summed E-state index contributed by atoms with van der Waals surface area (Å²) >= 11 is 6.21. The summed E-state index contributed by atoms with van der Waals surface area (Å²) in [5, 5.41) is 10.7. The average Bonchev–Trinajstić information content (AvgIpc) is 2.94. The second-order valence-corrected chi connectivity index (χ2v) is 10.3. The molecule has 3 atom stereocenters. The smallest absolute Gasteiger partial charge is 0.271 e. The predicted octanol–water partition coefficient (Wildman–Crippen LogP) is 4.80. The maximum absolute atomic E-state index is 13.2. The molecule has 1 aliphatic heterocycles. The van der Waals surface area contributed by atoms with Crippen LogP contribution in [0.4, 0.5) is 11.5 Å². The standard InChI is InChI=1S/C29H27ClN8O/c1-17-16-38(28-23(12-31)29(39)36(5)24-10-11-25(32-4)35-26(24)28)18(2)15-37(17)27(20-6-8-22(30)9-7-20)21-13-33-19(3)34-14-21/h6-11,13-14,17-18,27H,15-16H2,1-3,5H3/t17-,18+,27?/m1/s1. The van der Waals surface area contributed by atoms with Crippen molar-refractivity contribution in [3.05, 3.63) is 98.1 Å². The number of nitrogens with zero attached hydrogens (tertiary/aromatic N) is 8. The molecule has 196 valence electrons. The van der Waals surface area contributed by atoms with E-state index in [0.717, 1.165) is 11.1 Å². The molecule has 0 aliphatic carbocycles. The maximum atomic E-state index is 13.2. The van der Waals surface area contributed by atoms with Gasteiger partial charge in [-0.15, -0.1) is 4.98 Å². The number of fused-ring (bicyclic) bond motifs is 1. The lowest BCUT2D eigenvalue weighted by molar-refractivity contribution is 0.129. The van der Waals surface area contributed by atoms with E-state index < -0.39 is 0 Å². The van der Waals surface area contributed by atoms with Crippen LogP contribution in [0.15, 0.2) is 53.6 Å². The van der Waals surface area contributed by atoms with Crippen molar-refractivity contribution in [3.63, 3.8) is 0 Å².